The summed E-state index contributed by atoms with van der Waals surface area (Å²) < 4.78 is 10.5. The number of fused-ring (bicyclic) bond motifs is 1. The Kier molecular flexibility index (Phi) is 3.53. The van der Waals surface area contributed by atoms with Crippen molar-refractivity contribution in [3.63, 3.8) is 0 Å². The van der Waals surface area contributed by atoms with Crippen LogP contribution in [0.5, 0.6) is 11.5 Å². The van der Waals surface area contributed by atoms with E-state index in [-0.39, 0.29) is 17.5 Å². The molecular weight excluding hydrogens is 294 g/mol. The van der Waals surface area contributed by atoms with Crippen molar-refractivity contribution in [2.24, 2.45) is 0 Å². The van der Waals surface area contributed by atoms with E-state index in [9.17, 15) is 4.79 Å². The summed E-state index contributed by atoms with van der Waals surface area (Å²) >= 11 is 6.01. The number of benzene rings is 1. The van der Waals surface area contributed by atoms with Gasteiger partial charge in [0, 0.05) is 18.8 Å². The van der Waals surface area contributed by atoms with Crippen LogP contribution in [0.1, 0.15) is 10.5 Å². The molecule has 2 heterocycles. The Morgan fingerprint density at radius 3 is 2.86 bits per heavy atom. The molecule has 0 radical (unpaired) electrons. The van der Waals surface area contributed by atoms with Gasteiger partial charge in [-0.25, -0.2) is 4.98 Å². The van der Waals surface area contributed by atoms with E-state index in [2.05, 4.69) is 15.6 Å². The van der Waals surface area contributed by atoms with E-state index in [0.717, 1.165) is 0 Å². The van der Waals surface area contributed by atoms with E-state index in [0.29, 0.717) is 23.0 Å². The van der Waals surface area contributed by atoms with Gasteiger partial charge in [-0.3, -0.25) is 4.79 Å². The fourth-order valence-corrected chi connectivity index (χ4v) is 2.10. The van der Waals surface area contributed by atoms with Crippen molar-refractivity contribution in [1.29, 1.82) is 0 Å². The van der Waals surface area contributed by atoms with Gasteiger partial charge < -0.3 is 20.1 Å². The summed E-state index contributed by atoms with van der Waals surface area (Å²) in [5, 5.41) is 5.88. The highest BCUT2D eigenvalue weighted by Crippen LogP contribution is 2.34. The second kappa shape index (κ2) is 5.49. The third-order valence-corrected chi connectivity index (χ3v) is 3.25. The Morgan fingerprint density at radius 1 is 1.24 bits per heavy atom. The standard InChI is InChI=1S/C14H12ClN3O3/c1-16-12-5-3-9(15)13(18-12)14(19)17-8-2-4-10-11(6-8)21-7-20-10/h2-6H,7H2,1H3,(H,16,18)(H,17,19). The van der Waals surface area contributed by atoms with Crippen LogP contribution in [-0.2, 0) is 0 Å². The molecule has 21 heavy (non-hydrogen) atoms. The highest BCUT2D eigenvalue weighted by Gasteiger charge is 2.17. The number of hydrogen-bond donors (Lipinski definition) is 2. The molecule has 1 aromatic heterocycles. The van der Waals surface area contributed by atoms with Crippen LogP contribution in [0.15, 0.2) is 30.3 Å². The smallest absolute Gasteiger partial charge is 0.275 e. The molecule has 2 aromatic rings. The van der Waals surface area contributed by atoms with Crippen LogP contribution in [0, 0.1) is 0 Å². The molecule has 1 aromatic carbocycles. The maximum atomic E-state index is 12.2. The second-order valence-corrected chi connectivity index (χ2v) is 4.71. The molecule has 0 bridgehead atoms. The average molecular weight is 306 g/mol. The van der Waals surface area contributed by atoms with Crippen molar-refractivity contribution < 1.29 is 14.3 Å². The number of anilines is 2. The molecule has 0 atom stereocenters. The quantitative estimate of drug-likeness (QED) is 0.912. The lowest BCUT2D eigenvalue weighted by atomic mass is 10.2. The predicted octanol–water partition coefficient (Wildman–Crippen LogP) is 2.76. The molecule has 0 fully saturated rings. The number of rotatable bonds is 3. The summed E-state index contributed by atoms with van der Waals surface area (Å²) in [6, 6.07) is 8.46. The Labute approximate surface area is 126 Å². The SMILES string of the molecule is CNc1ccc(Cl)c(C(=O)Nc2ccc3c(c2)OCO3)n1. The lowest BCUT2D eigenvalue weighted by molar-refractivity contribution is 0.102. The molecule has 1 aliphatic rings. The lowest BCUT2D eigenvalue weighted by Gasteiger charge is -2.08. The number of pyridine rings is 1. The summed E-state index contributed by atoms with van der Waals surface area (Å²) in [7, 11) is 1.72. The van der Waals surface area contributed by atoms with Crippen LogP contribution in [0.25, 0.3) is 0 Å². The van der Waals surface area contributed by atoms with Gasteiger partial charge in [-0.1, -0.05) is 11.6 Å². The van der Waals surface area contributed by atoms with Crippen molar-refractivity contribution in [3.05, 3.63) is 41.0 Å². The van der Waals surface area contributed by atoms with E-state index >= 15 is 0 Å². The van der Waals surface area contributed by atoms with Crippen LogP contribution in [0.3, 0.4) is 0 Å². The topological polar surface area (TPSA) is 72.5 Å². The lowest BCUT2D eigenvalue weighted by Crippen LogP contribution is -2.15. The molecule has 0 aliphatic carbocycles. The normalized spacial score (nSPS) is 12.1. The van der Waals surface area contributed by atoms with E-state index in [1.807, 2.05) is 0 Å². The minimum absolute atomic E-state index is 0.154. The number of carbonyl (C=O) groups excluding carboxylic acids is 1. The molecule has 0 saturated heterocycles. The number of ether oxygens (including phenoxy) is 2. The first-order valence-electron chi connectivity index (χ1n) is 6.22. The van der Waals surface area contributed by atoms with Gasteiger partial charge in [-0.15, -0.1) is 0 Å². The first-order chi connectivity index (χ1) is 10.2. The zero-order valence-electron chi connectivity index (χ0n) is 11.1. The first kappa shape index (κ1) is 13.5. The molecule has 0 spiro atoms. The molecule has 1 amide bonds. The third kappa shape index (κ3) is 2.71. The summed E-state index contributed by atoms with van der Waals surface area (Å²) in [6.07, 6.45) is 0. The van der Waals surface area contributed by atoms with Crippen LogP contribution in [-0.4, -0.2) is 24.7 Å². The summed E-state index contributed by atoms with van der Waals surface area (Å²) in [5.41, 5.74) is 0.734. The van der Waals surface area contributed by atoms with Crippen molar-refractivity contribution in [3.8, 4) is 11.5 Å². The van der Waals surface area contributed by atoms with Crippen LogP contribution < -0.4 is 20.1 Å². The monoisotopic (exact) mass is 305 g/mol. The van der Waals surface area contributed by atoms with Gasteiger partial charge in [0.2, 0.25) is 6.79 Å². The van der Waals surface area contributed by atoms with Gasteiger partial charge in [0.15, 0.2) is 11.5 Å². The van der Waals surface area contributed by atoms with E-state index < -0.39 is 5.91 Å². The number of aromatic nitrogens is 1. The average Bonchev–Trinajstić information content (AvgIpc) is 2.95. The number of carbonyl (C=O) groups is 1. The first-order valence-corrected chi connectivity index (χ1v) is 6.60. The Hall–Kier alpha value is -2.47. The van der Waals surface area contributed by atoms with Gasteiger partial charge in [0.25, 0.3) is 5.91 Å². The summed E-state index contributed by atoms with van der Waals surface area (Å²) in [6.45, 7) is 0.185. The van der Waals surface area contributed by atoms with E-state index in [1.165, 1.54) is 0 Å². The van der Waals surface area contributed by atoms with E-state index in [4.69, 9.17) is 21.1 Å². The Bertz CT molecular complexity index is 706. The molecule has 0 unspecified atom stereocenters. The zero-order chi connectivity index (χ0) is 14.8. The number of hydrogen-bond acceptors (Lipinski definition) is 5. The molecule has 1 aliphatic heterocycles. The van der Waals surface area contributed by atoms with Crippen molar-refractivity contribution in [2.75, 3.05) is 24.5 Å². The molecule has 0 saturated carbocycles. The second-order valence-electron chi connectivity index (χ2n) is 4.30. The molecule has 2 N–H and O–H groups in total. The minimum Gasteiger partial charge on any atom is -0.454 e. The van der Waals surface area contributed by atoms with E-state index in [1.54, 1.807) is 37.4 Å². The number of nitrogens with zero attached hydrogens (tertiary/aromatic N) is 1. The molecular formula is C14H12ClN3O3. The summed E-state index contributed by atoms with van der Waals surface area (Å²) in [5.74, 6) is 1.42. The van der Waals surface area contributed by atoms with Crippen molar-refractivity contribution >= 4 is 29.0 Å². The van der Waals surface area contributed by atoms with Crippen LogP contribution in [0.2, 0.25) is 5.02 Å². The number of nitrogens with one attached hydrogen (secondary N) is 2. The fourth-order valence-electron chi connectivity index (χ4n) is 1.91. The van der Waals surface area contributed by atoms with Crippen LogP contribution >= 0.6 is 11.6 Å². The van der Waals surface area contributed by atoms with Crippen LogP contribution in [0.4, 0.5) is 11.5 Å². The van der Waals surface area contributed by atoms with Crippen molar-refractivity contribution in [1.82, 2.24) is 4.98 Å². The molecule has 6 nitrogen and oxygen atoms in total. The highest BCUT2D eigenvalue weighted by atomic mass is 35.5. The Balaban J connectivity index is 1.83. The Morgan fingerprint density at radius 2 is 2.05 bits per heavy atom. The number of amides is 1. The van der Waals surface area contributed by atoms with Gasteiger partial charge in [0.1, 0.15) is 11.5 Å². The number of halogens is 1. The maximum Gasteiger partial charge on any atom is 0.275 e. The molecule has 108 valence electrons. The summed E-state index contributed by atoms with van der Waals surface area (Å²) in [4.78, 5) is 16.4. The van der Waals surface area contributed by atoms with Crippen molar-refractivity contribution in [2.45, 2.75) is 0 Å². The molecule has 7 heteroatoms. The largest absolute Gasteiger partial charge is 0.454 e. The highest BCUT2D eigenvalue weighted by molar-refractivity contribution is 6.34. The minimum atomic E-state index is -0.393. The van der Waals surface area contributed by atoms with Gasteiger partial charge in [-0.05, 0) is 24.3 Å². The predicted molar refractivity (Wildman–Crippen MR) is 79.3 cm³/mol. The van der Waals surface area contributed by atoms with Gasteiger partial charge in [0.05, 0.1) is 5.02 Å². The zero-order valence-corrected chi connectivity index (χ0v) is 11.9. The van der Waals surface area contributed by atoms with Gasteiger partial charge >= 0.3 is 0 Å². The maximum absolute atomic E-state index is 12.2. The molecule has 3 rings (SSSR count). The third-order valence-electron chi connectivity index (χ3n) is 2.95. The fraction of sp³-hybridized carbons (Fsp3) is 0.143. The van der Waals surface area contributed by atoms with Gasteiger partial charge in [-0.2, -0.15) is 0 Å².